The number of rotatable bonds is 1. The molecule has 0 spiro atoms. The average molecular weight is 175 g/mol. The van der Waals surface area contributed by atoms with E-state index in [1.807, 2.05) is 13.0 Å². The summed E-state index contributed by atoms with van der Waals surface area (Å²) >= 11 is 0. The minimum atomic E-state index is 0.0445. The number of allylic oxidation sites excluding steroid dienone is 1. The molecule has 13 heavy (non-hydrogen) atoms. The van der Waals surface area contributed by atoms with Gasteiger partial charge in [-0.1, -0.05) is 12.1 Å². The summed E-state index contributed by atoms with van der Waals surface area (Å²) in [6, 6.07) is 5.51. The predicted molar refractivity (Wildman–Crippen MR) is 53.4 cm³/mol. The molecule has 0 heterocycles. The van der Waals surface area contributed by atoms with Gasteiger partial charge >= 0.3 is 0 Å². The van der Waals surface area contributed by atoms with Crippen LogP contribution >= 0.6 is 0 Å². The van der Waals surface area contributed by atoms with Gasteiger partial charge in [0.25, 0.3) is 0 Å². The zero-order valence-corrected chi connectivity index (χ0v) is 7.62. The second kappa shape index (κ2) is 2.89. The molecule has 2 rings (SSSR count). The van der Waals surface area contributed by atoms with Gasteiger partial charge in [-0.15, -0.1) is 0 Å². The largest absolute Gasteiger partial charge is 0.508 e. The van der Waals surface area contributed by atoms with Crippen LogP contribution in [0.3, 0.4) is 0 Å². The molecule has 0 aromatic heterocycles. The Morgan fingerprint density at radius 1 is 1.46 bits per heavy atom. The molecule has 2 heteroatoms. The Morgan fingerprint density at radius 3 is 2.92 bits per heavy atom. The summed E-state index contributed by atoms with van der Waals surface area (Å²) in [5.41, 5.74) is 9.32. The van der Waals surface area contributed by atoms with Crippen LogP contribution < -0.4 is 5.73 Å². The maximum absolute atomic E-state index is 9.33. The van der Waals surface area contributed by atoms with E-state index in [0.29, 0.717) is 5.75 Å². The second-order valence-electron chi connectivity index (χ2n) is 3.49. The van der Waals surface area contributed by atoms with Crippen molar-refractivity contribution in [3.63, 3.8) is 0 Å². The van der Waals surface area contributed by atoms with Gasteiger partial charge < -0.3 is 10.8 Å². The number of benzene rings is 1. The van der Waals surface area contributed by atoms with Crippen molar-refractivity contribution < 1.29 is 5.11 Å². The predicted octanol–water partition coefficient (Wildman–Crippen LogP) is 1.68. The summed E-state index contributed by atoms with van der Waals surface area (Å²) in [5, 5.41) is 9.33. The molecule has 0 saturated heterocycles. The highest BCUT2D eigenvalue weighted by atomic mass is 16.3. The molecule has 0 saturated carbocycles. The fourth-order valence-corrected chi connectivity index (χ4v) is 1.77. The summed E-state index contributed by atoms with van der Waals surface area (Å²) in [6.07, 6.45) is 3.07. The first-order valence-corrected chi connectivity index (χ1v) is 4.46. The Bertz CT molecular complexity index is 366. The SMILES string of the molecule is CC(N)C1=CCc2ccc(O)cc21. The first-order chi connectivity index (χ1) is 6.18. The van der Waals surface area contributed by atoms with Crippen LogP contribution in [0.15, 0.2) is 24.3 Å². The third kappa shape index (κ3) is 1.33. The lowest BCUT2D eigenvalue weighted by atomic mass is 10.0. The van der Waals surface area contributed by atoms with E-state index in [9.17, 15) is 5.11 Å². The molecule has 0 bridgehead atoms. The molecule has 1 aliphatic rings. The van der Waals surface area contributed by atoms with E-state index >= 15 is 0 Å². The standard InChI is InChI=1S/C11H13NO/c1-7(12)10-5-3-8-2-4-9(13)6-11(8)10/h2,4-7,13H,3,12H2,1H3. The van der Waals surface area contributed by atoms with Gasteiger partial charge in [0, 0.05) is 6.04 Å². The van der Waals surface area contributed by atoms with E-state index in [0.717, 1.165) is 17.6 Å². The number of phenols is 1. The van der Waals surface area contributed by atoms with Crippen molar-refractivity contribution in [1.29, 1.82) is 0 Å². The minimum Gasteiger partial charge on any atom is -0.508 e. The number of fused-ring (bicyclic) bond motifs is 1. The molecule has 0 fully saturated rings. The van der Waals surface area contributed by atoms with E-state index in [1.165, 1.54) is 5.56 Å². The molecule has 1 aromatic carbocycles. The van der Waals surface area contributed by atoms with Crippen LogP contribution in [0.5, 0.6) is 5.75 Å². The van der Waals surface area contributed by atoms with Crippen molar-refractivity contribution in [2.45, 2.75) is 19.4 Å². The molecule has 1 aromatic rings. The van der Waals surface area contributed by atoms with Gasteiger partial charge in [-0.25, -0.2) is 0 Å². The van der Waals surface area contributed by atoms with Crippen LogP contribution in [0, 0.1) is 0 Å². The third-order valence-electron chi connectivity index (χ3n) is 2.44. The molecular weight excluding hydrogens is 162 g/mol. The summed E-state index contributed by atoms with van der Waals surface area (Å²) < 4.78 is 0. The van der Waals surface area contributed by atoms with Gasteiger partial charge in [0.05, 0.1) is 0 Å². The van der Waals surface area contributed by atoms with Crippen LogP contribution in [0.4, 0.5) is 0 Å². The van der Waals surface area contributed by atoms with Crippen molar-refractivity contribution in [3.8, 4) is 5.75 Å². The molecule has 1 atom stereocenters. The fraction of sp³-hybridized carbons (Fsp3) is 0.273. The van der Waals surface area contributed by atoms with Crippen LogP contribution in [0.1, 0.15) is 18.1 Å². The smallest absolute Gasteiger partial charge is 0.116 e. The summed E-state index contributed by atoms with van der Waals surface area (Å²) in [6.45, 7) is 1.96. The van der Waals surface area contributed by atoms with Gasteiger partial charge in [0.2, 0.25) is 0 Å². The van der Waals surface area contributed by atoms with Gasteiger partial charge in [-0.2, -0.15) is 0 Å². The van der Waals surface area contributed by atoms with E-state index in [4.69, 9.17) is 5.73 Å². The molecular formula is C11H13NO. The lowest BCUT2D eigenvalue weighted by Crippen LogP contribution is -2.15. The average Bonchev–Trinajstić information content (AvgIpc) is 2.46. The Hall–Kier alpha value is -1.28. The minimum absolute atomic E-state index is 0.0445. The highest BCUT2D eigenvalue weighted by Gasteiger charge is 2.16. The van der Waals surface area contributed by atoms with Gasteiger partial charge in [0.1, 0.15) is 5.75 Å². The lowest BCUT2D eigenvalue weighted by Gasteiger charge is -2.09. The Morgan fingerprint density at radius 2 is 2.23 bits per heavy atom. The number of aromatic hydroxyl groups is 1. The third-order valence-corrected chi connectivity index (χ3v) is 2.44. The first kappa shape index (κ1) is 8.32. The maximum atomic E-state index is 9.33. The van der Waals surface area contributed by atoms with E-state index < -0.39 is 0 Å². The summed E-state index contributed by atoms with van der Waals surface area (Å²) in [5.74, 6) is 0.312. The Labute approximate surface area is 77.7 Å². The lowest BCUT2D eigenvalue weighted by molar-refractivity contribution is 0.475. The zero-order chi connectivity index (χ0) is 9.42. The Kier molecular flexibility index (Phi) is 1.85. The molecule has 1 aliphatic carbocycles. The van der Waals surface area contributed by atoms with Gasteiger partial charge in [-0.3, -0.25) is 0 Å². The van der Waals surface area contributed by atoms with Crippen molar-refractivity contribution >= 4 is 5.57 Å². The highest BCUT2D eigenvalue weighted by molar-refractivity contribution is 5.76. The second-order valence-corrected chi connectivity index (χ2v) is 3.49. The van der Waals surface area contributed by atoms with E-state index in [-0.39, 0.29) is 6.04 Å². The first-order valence-electron chi connectivity index (χ1n) is 4.46. The number of phenolic OH excluding ortho intramolecular Hbond substituents is 1. The van der Waals surface area contributed by atoms with E-state index in [1.54, 1.807) is 12.1 Å². The monoisotopic (exact) mass is 175 g/mol. The summed E-state index contributed by atoms with van der Waals surface area (Å²) in [4.78, 5) is 0. The van der Waals surface area contributed by atoms with Crippen LogP contribution in [0.2, 0.25) is 0 Å². The zero-order valence-electron chi connectivity index (χ0n) is 7.62. The molecule has 2 nitrogen and oxygen atoms in total. The number of hydrogen-bond acceptors (Lipinski definition) is 2. The highest BCUT2D eigenvalue weighted by Crippen LogP contribution is 2.31. The number of nitrogens with two attached hydrogens (primary N) is 1. The Balaban J connectivity index is 2.48. The number of hydrogen-bond donors (Lipinski definition) is 2. The molecule has 0 radical (unpaired) electrons. The van der Waals surface area contributed by atoms with Crippen LogP contribution in [-0.2, 0) is 6.42 Å². The fourth-order valence-electron chi connectivity index (χ4n) is 1.77. The van der Waals surface area contributed by atoms with Gasteiger partial charge in [0.15, 0.2) is 0 Å². The summed E-state index contributed by atoms with van der Waals surface area (Å²) in [7, 11) is 0. The normalized spacial score (nSPS) is 16.6. The van der Waals surface area contributed by atoms with Gasteiger partial charge in [-0.05, 0) is 42.2 Å². The van der Waals surface area contributed by atoms with Crippen molar-refractivity contribution in [2.24, 2.45) is 5.73 Å². The maximum Gasteiger partial charge on any atom is 0.116 e. The molecule has 0 aliphatic heterocycles. The van der Waals surface area contributed by atoms with Crippen LogP contribution in [0.25, 0.3) is 5.57 Å². The van der Waals surface area contributed by atoms with Crippen LogP contribution in [-0.4, -0.2) is 11.1 Å². The van der Waals surface area contributed by atoms with E-state index in [2.05, 4.69) is 6.08 Å². The molecule has 68 valence electrons. The van der Waals surface area contributed by atoms with Crippen molar-refractivity contribution in [2.75, 3.05) is 0 Å². The quantitative estimate of drug-likeness (QED) is 0.682. The topological polar surface area (TPSA) is 46.2 Å². The molecule has 1 unspecified atom stereocenters. The van der Waals surface area contributed by atoms with Crippen molar-refractivity contribution in [3.05, 3.63) is 35.4 Å². The molecule has 0 amide bonds. The van der Waals surface area contributed by atoms with Crippen molar-refractivity contribution in [1.82, 2.24) is 0 Å². The molecule has 3 N–H and O–H groups in total.